The van der Waals surface area contributed by atoms with E-state index in [1.807, 2.05) is 0 Å². The van der Waals surface area contributed by atoms with Crippen LogP contribution in [0.2, 0.25) is 0 Å². The summed E-state index contributed by atoms with van der Waals surface area (Å²) in [4.78, 5) is 11.2. The number of aliphatic carboxylic acids is 1. The third-order valence-corrected chi connectivity index (χ3v) is 3.63. The second-order valence-electron chi connectivity index (χ2n) is 5.44. The van der Waals surface area contributed by atoms with Crippen LogP contribution in [0.15, 0.2) is 0 Å². The van der Waals surface area contributed by atoms with Crippen molar-refractivity contribution in [3.63, 3.8) is 0 Å². The molecule has 106 valence electrons. The molecule has 0 amide bonds. The lowest BCUT2D eigenvalue weighted by atomic mass is 9.86. The Morgan fingerprint density at radius 2 is 2.00 bits per heavy atom. The fraction of sp³-hybridized carbons (Fsp3) is 0.818. The van der Waals surface area contributed by atoms with Crippen LogP contribution in [0.5, 0.6) is 0 Å². The van der Waals surface area contributed by atoms with Crippen molar-refractivity contribution in [2.75, 3.05) is 0 Å². The van der Waals surface area contributed by atoms with E-state index in [1.54, 1.807) is 0 Å². The van der Waals surface area contributed by atoms with Crippen LogP contribution in [-0.4, -0.2) is 37.2 Å². The molecule has 1 aliphatic carbocycles. The maximum atomic E-state index is 13.1. The first-order valence-corrected chi connectivity index (χ1v) is 6.14. The largest absolute Gasteiger partial charge is 0.479 e. The molecule has 0 unspecified atom stereocenters. The van der Waals surface area contributed by atoms with Crippen molar-refractivity contribution in [3.05, 3.63) is 5.82 Å². The van der Waals surface area contributed by atoms with Gasteiger partial charge in [0.05, 0.1) is 0 Å². The van der Waals surface area contributed by atoms with Crippen LogP contribution in [0.1, 0.15) is 51.3 Å². The summed E-state index contributed by atoms with van der Waals surface area (Å²) in [5.41, 5.74) is -1.29. The Labute approximate surface area is 108 Å². The Bertz CT molecular complexity index is 477. The molecule has 1 fully saturated rings. The van der Waals surface area contributed by atoms with E-state index < -0.39 is 17.4 Å². The van der Waals surface area contributed by atoms with Crippen LogP contribution in [0.4, 0.5) is 8.78 Å². The summed E-state index contributed by atoms with van der Waals surface area (Å²) in [7, 11) is 0. The standard InChI is InChI=1S/C11H16F2N4O2/c1-10(2,9(18)19)17-8(14-15-16-17)7-3-5-11(12,13)6-4-7/h7H,3-6H2,1-2H3,(H,18,19). The minimum atomic E-state index is -2.63. The van der Waals surface area contributed by atoms with Gasteiger partial charge in [0.25, 0.3) is 0 Å². The summed E-state index contributed by atoms with van der Waals surface area (Å²) in [6.07, 6.45) is 0.113. The molecule has 1 N–H and O–H groups in total. The quantitative estimate of drug-likeness (QED) is 0.908. The molecule has 0 spiro atoms. The van der Waals surface area contributed by atoms with Gasteiger partial charge in [-0.15, -0.1) is 5.10 Å². The minimum Gasteiger partial charge on any atom is -0.479 e. The molecule has 19 heavy (non-hydrogen) atoms. The van der Waals surface area contributed by atoms with E-state index in [9.17, 15) is 18.7 Å². The topological polar surface area (TPSA) is 80.9 Å². The smallest absolute Gasteiger partial charge is 0.331 e. The minimum absolute atomic E-state index is 0.210. The van der Waals surface area contributed by atoms with Crippen molar-refractivity contribution < 1.29 is 18.7 Å². The van der Waals surface area contributed by atoms with E-state index in [0.717, 1.165) is 0 Å². The van der Waals surface area contributed by atoms with Crippen molar-refractivity contribution in [1.82, 2.24) is 20.2 Å². The third kappa shape index (κ3) is 2.57. The molecule has 1 aromatic heterocycles. The number of carboxylic acids is 1. The monoisotopic (exact) mass is 274 g/mol. The number of halogens is 2. The molecule has 0 aromatic carbocycles. The molecule has 1 saturated carbocycles. The molecule has 0 aliphatic heterocycles. The molecular formula is C11H16F2N4O2. The number of nitrogens with zero attached hydrogens (tertiary/aromatic N) is 4. The zero-order valence-corrected chi connectivity index (χ0v) is 10.8. The maximum absolute atomic E-state index is 13.1. The van der Waals surface area contributed by atoms with Gasteiger partial charge in [0, 0.05) is 18.8 Å². The van der Waals surface area contributed by atoms with Gasteiger partial charge in [-0.1, -0.05) is 0 Å². The van der Waals surface area contributed by atoms with E-state index >= 15 is 0 Å². The molecule has 1 aliphatic rings. The fourth-order valence-electron chi connectivity index (χ4n) is 2.24. The molecule has 2 rings (SSSR count). The van der Waals surface area contributed by atoms with Crippen LogP contribution >= 0.6 is 0 Å². The Morgan fingerprint density at radius 1 is 1.42 bits per heavy atom. The number of hydrogen-bond acceptors (Lipinski definition) is 4. The maximum Gasteiger partial charge on any atom is 0.331 e. The number of carboxylic acid groups (broad SMARTS) is 1. The average molecular weight is 274 g/mol. The molecule has 0 saturated heterocycles. The molecule has 0 atom stereocenters. The van der Waals surface area contributed by atoms with Gasteiger partial charge in [-0.3, -0.25) is 0 Å². The summed E-state index contributed by atoms with van der Waals surface area (Å²) in [6, 6.07) is 0. The highest BCUT2D eigenvalue weighted by molar-refractivity contribution is 5.75. The van der Waals surface area contributed by atoms with Crippen LogP contribution in [-0.2, 0) is 10.3 Å². The summed E-state index contributed by atoms with van der Waals surface area (Å²) >= 11 is 0. The van der Waals surface area contributed by atoms with Crippen LogP contribution in [0, 0.1) is 0 Å². The average Bonchev–Trinajstić information content (AvgIpc) is 2.78. The number of rotatable bonds is 3. The Morgan fingerprint density at radius 3 is 2.53 bits per heavy atom. The highest BCUT2D eigenvalue weighted by Gasteiger charge is 2.40. The Balaban J connectivity index is 2.24. The predicted octanol–water partition coefficient (Wildman–Crippen LogP) is 1.79. The number of aromatic nitrogens is 4. The summed E-state index contributed by atoms with van der Waals surface area (Å²) < 4.78 is 27.5. The highest BCUT2D eigenvalue weighted by Crippen LogP contribution is 2.40. The molecular weight excluding hydrogens is 258 g/mol. The normalized spacial score (nSPS) is 20.4. The van der Waals surface area contributed by atoms with E-state index in [1.165, 1.54) is 18.5 Å². The second kappa shape index (κ2) is 4.50. The van der Waals surface area contributed by atoms with Crippen LogP contribution < -0.4 is 0 Å². The lowest BCUT2D eigenvalue weighted by molar-refractivity contribution is -0.146. The van der Waals surface area contributed by atoms with Crippen LogP contribution in [0.25, 0.3) is 0 Å². The molecule has 0 bridgehead atoms. The predicted molar refractivity (Wildman–Crippen MR) is 60.9 cm³/mol. The second-order valence-corrected chi connectivity index (χ2v) is 5.44. The van der Waals surface area contributed by atoms with E-state index in [2.05, 4.69) is 15.5 Å². The SMILES string of the molecule is CC(C)(C(=O)O)n1nnnc1C1CCC(F)(F)CC1. The number of hydrogen-bond donors (Lipinski definition) is 1. The van der Waals surface area contributed by atoms with Crippen molar-refractivity contribution in [2.45, 2.75) is 56.9 Å². The number of alkyl halides is 2. The van der Waals surface area contributed by atoms with Gasteiger partial charge >= 0.3 is 5.97 Å². The van der Waals surface area contributed by atoms with E-state index in [0.29, 0.717) is 5.82 Å². The van der Waals surface area contributed by atoms with Gasteiger partial charge < -0.3 is 5.11 Å². The van der Waals surface area contributed by atoms with Gasteiger partial charge in [0.1, 0.15) is 0 Å². The zero-order chi connectivity index (χ0) is 14.3. The van der Waals surface area contributed by atoms with Crippen molar-refractivity contribution in [2.24, 2.45) is 0 Å². The van der Waals surface area contributed by atoms with Crippen LogP contribution in [0.3, 0.4) is 0 Å². The van der Waals surface area contributed by atoms with E-state index in [4.69, 9.17) is 0 Å². The van der Waals surface area contributed by atoms with Gasteiger partial charge in [-0.25, -0.2) is 18.3 Å². The first kappa shape index (κ1) is 13.8. The number of carbonyl (C=O) groups is 1. The summed E-state index contributed by atoms with van der Waals surface area (Å²) in [6.45, 7) is 2.96. The zero-order valence-electron chi connectivity index (χ0n) is 10.8. The van der Waals surface area contributed by atoms with Gasteiger partial charge in [-0.2, -0.15) is 0 Å². The summed E-state index contributed by atoms with van der Waals surface area (Å²) in [5, 5.41) is 20.2. The van der Waals surface area contributed by atoms with Gasteiger partial charge in [0.2, 0.25) is 5.92 Å². The highest BCUT2D eigenvalue weighted by atomic mass is 19.3. The van der Waals surface area contributed by atoms with Crippen molar-refractivity contribution in [3.8, 4) is 0 Å². The first-order valence-electron chi connectivity index (χ1n) is 6.14. The molecule has 1 aromatic rings. The molecule has 0 radical (unpaired) electrons. The summed E-state index contributed by atoms with van der Waals surface area (Å²) in [5.74, 6) is -3.53. The lowest BCUT2D eigenvalue weighted by Gasteiger charge is -2.29. The Kier molecular flexibility index (Phi) is 3.27. The van der Waals surface area contributed by atoms with Crippen molar-refractivity contribution in [1.29, 1.82) is 0 Å². The van der Waals surface area contributed by atoms with E-state index in [-0.39, 0.29) is 31.6 Å². The Hall–Kier alpha value is -1.60. The molecule has 1 heterocycles. The lowest BCUT2D eigenvalue weighted by Crippen LogP contribution is -2.39. The van der Waals surface area contributed by atoms with Gasteiger partial charge in [-0.05, 0) is 37.1 Å². The molecule has 6 nitrogen and oxygen atoms in total. The van der Waals surface area contributed by atoms with Gasteiger partial charge in [0.15, 0.2) is 11.4 Å². The first-order chi connectivity index (χ1) is 8.74. The third-order valence-electron chi connectivity index (χ3n) is 3.63. The van der Waals surface area contributed by atoms with Crippen molar-refractivity contribution >= 4 is 5.97 Å². The molecule has 8 heteroatoms. The number of tetrazole rings is 1. The fourth-order valence-corrected chi connectivity index (χ4v) is 2.24.